The van der Waals surface area contributed by atoms with Crippen molar-refractivity contribution in [1.82, 2.24) is 31.5 Å². The fraction of sp³-hybridized carbons (Fsp3) is 0.650. The number of ether oxygens (including phenoxy) is 2. The number of nitrogens with zero attached hydrogens (tertiary/aromatic N) is 1. The molecule has 1 unspecified atom stereocenters. The molecule has 1 heterocycles. The molecule has 1 aliphatic rings. The number of amides is 7. The van der Waals surface area contributed by atoms with Crippen molar-refractivity contribution in [3.63, 3.8) is 0 Å². The zero-order valence-electron chi connectivity index (χ0n) is 35.5. The Morgan fingerprint density at radius 2 is 1.47 bits per heavy atom. The Labute approximate surface area is 355 Å². The minimum absolute atomic E-state index is 0.000417. The van der Waals surface area contributed by atoms with Gasteiger partial charge in [-0.25, -0.2) is 4.90 Å². The van der Waals surface area contributed by atoms with E-state index in [0.717, 1.165) is 11.8 Å². The van der Waals surface area contributed by atoms with E-state index < -0.39 is 76.8 Å². The Bertz CT molecular complexity index is 1610. The van der Waals surface area contributed by atoms with E-state index in [0.29, 0.717) is 29.8 Å². The summed E-state index contributed by atoms with van der Waals surface area (Å²) in [5.74, 6) is -5.28. The molecule has 6 atom stereocenters. The molecule has 60 heavy (non-hydrogen) atoms. The number of benzene rings is 1. The number of hydrogen-bond acceptors (Lipinski definition) is 15. The van der Waals surface area contributed by atoms with Crippen LogP contribution >= 0.6 is 11.8 Å². The number of likely N-dealkylation sites (tertiary alicyclic amines) is 1. The van der Waals surface area contributed by atoms with E-state index in [1.54, 1.807) is 20.8 Å². The summed E-state index contributed by atoms with van der Waals surface area (Å²) < 4.78 is 10.7. The first kappa shape index (κ1) is 51.7. The van der Waals surface area contributed by atoms with Gasteiger partial charge in [0.2, 0.25) is 35.4 Å². The molecule has 1 saturated heterocycles. The molecule has 10 N–H and O–H groups in total. The summed E-state index contributed by atoms with van der Waals surface area (Å²) in [6.07, 6.45) is 0.912. The van der Waals surface area contributed by atoms with Crippen LogP contribution in [0, 0.1) is 5.92 Å². The van der Waals surface area contributed by atoms with E-state index in [1.807, 2.05) is 13.8 Å². The first-order valence-electron chi connectivity index (χ1n) is 20.2. The summed E-state index contributed by atoms with van der Waals surface area (Å²) >= 11 is 0.907. The lowest BCUT2D eigenvalue weighted by molar-refractivity contribution is -0.151. The van der Waals surface area contributed by atoms with Gasteiger partial charge in [-0.1, -0.05) is 39.8 Å². The molecule has 0 spiro atoms. The third-order valence-corrected chi connectivity index (χ3v) is 10.6. The summed E-state index contributed by atoms with van der Waals surface area (Å²) in [5, 5.41) is 22.2. The molecule has 2 rings (SSSR count). The van der Waals surface area contributed by atoms with Crippen molar-refractivity contribution in [2.45, 2.75) is 115 Å². The maximum Gasteiger partial charge on any atom is 0.258 e. The zero-order chi connectivity index (χ0) is 44.9. The number of ketones is 1. The van der Waals surface area contributed by atoms with Gasteiger partial charge in [0.15, 0.2) is 5.78 Å². The van der Waals surface area contributed by atoms with E-state index in [4.69, 9.17) is 20.9 Å². The quantitative estimate of drug-likeness (QED) is 0.0371. The van der Waals surface area contributed by atoms with E-state index in [9.17, 15) is 43.5 Å². The molecule has 7 amide bonds. The van der Waals surface area contributed by atoms with Crippen LogP contribution < -0.4 is 38.1 Å². The van der Waals surface area contributed by atoms with Crippen LogP contribution in [0.1, 0.15) is 72.8 Å². The highest BCUT2D eigenvalue weighted by atomic mass is 32.2. The maximum absolute atomic E-state index is 13.9. The molecule has 336 valence electrons. The molecule has 0 aliphatic carbocycles. The lowest BCUT2D eigenvalue weighted by Crippen LogP contribution is -2.57. The number of hydrogen-bond donors (Lipinski definition) is 8. The summed E-state index contributed by atoms with van der Waals surface area (Å²) in [7, 11) is 0. The number of imide groups is 3. The number of thioether (sulfide) groups is 1. The molecular formula is C40H64N8O11S. The second-order valence-electron chi connectivity index (χ2n) is 15.2. The van der Waals surface area contributed by atoms with Gasteiger partial charge in [-0.05, 0) is 57.4 Å². The SMILES string of the molecule is CC(C)N[C@@H](C)C(=O)N[C@@H](C)C(=O)N[C@@H](Cc1ccc(O)cc1)C(=O)N1C(=O)CC(SC[C@H](N)C(=O)N[C@@H](CCCCN)C(=O)NCCOCCOCC(=O)C(C)C)C1=O. The van der Waals surface area contributed by atoms with E-state index in [2.05, 4.69) is 26.6 Å². The van der Waals surface area contributed by atoms with E-state index in [-0.39, 0.29) is 81.5 Å². The van der Waals surface area contributed by atoms with Crippen molar-refractivity contribution < 1.29 is 52.9 Å². The minimum atomic E-state index is -1.41. The average molecular weight is 865 g/mol. The number of Topliss-reactive ketones (excluding diaryl/α,β-unsaturated/α-hetero) is 1. The van der Waals surface area contributed by atoms with Crippen molar-refractivity contribution in [3.8, 4) is 5.75 Å². The largest absolute Gasteiger partial charge is 0.508 e. The normalized spacial score (nSPS) is 16.6. The molecule has 0 bridgehead atoms. The molecule has 1 aromatic carbocycles. The Morgan fingerprint density at radius 1 is 0.833 bits per heavy atom. The van der Waals surface area contributed by atoms with Crippen molar-refractivity contribution in [2.75, 3.05) is 45.3 Å². The molecule has 20 heteroatoms. The van der Waals surface area contributed by atoms with Crippen LogP contribution in [0.25, 0.3) is 0 Å². The predicted octanol–water partition coefficient (Wildman–Crippen LogP) is -0.986. The van der Waals surface area contributed by atoms with Gasteiger partial charge in [-0.15, -0.1) is 11.8 Å². The third-order valence-electron chi connectivity index (χ3n) is 9.24. The first-order chi connectivity index (χ1) is 28.4. The molecule has 0 radical (unpaired) electrons. The summed E-state index contributed by atoms with van der Waals surface area (Å²) in [6, 6.07) is 0.547. The van der Waals surface area contributed by atoms with Crippen molar-refractivity contribution in [2.24, 2.45) is 17.4 Å². The smallest absolute Gasteiger partial charge is 0.258 e. The minimum Gasteiger partial charge on any atom is -0.508 e. The van der Waals surface area contributed by atoms with Crippen LogP contribution in [0.4, 0.5) is 0 Å². The van der Waals surface area contributed by atoms with E-state index in [1.165, 1.54) is 31.2 Å². The molecule has 1 fully saturated rings. The topological polar surface area (TPSA) is 291 Å². The number of phenols is 1. The van der Waals surface area contributed by atoms with Crippen LogP contribution in [0.15, 0.2) is 24.3 Å². The Balaban J connectivity index is 2.02. The van der Waals surface area contributed by atoms with Crippen LogP contribution in [0.2, 0.25) is 0 Å². The number of aromatic hydroxyl groups is 1. The lowest BCUT2D eigenvalue weighted by atomic mass is 10.0. The van der Waals surface area contributed by atoms with Gasteiger partial charge in [0.05, 0.1) is 37.2 Å². The molecule has 1 aromatic rings. The third kappa shape index (κ3) is 18.0. The van der Waals surface area contributed by atoms with Gasteiger partial charge in [0, 0.05) is 37.1 Å². The second-order valence-corrected chi connectivity index (χ2v) is 16.4. The molecule has 0 aromatic heterocycles. The molecule has 0 saturated carbocycles. The Hall–Kier alpha value is -4.47. The van der Waals surface area contributed by atoms with Gasteiger partial charge >= 0.3 is 0 Å². The van der Waals surface area contributed by atoms with Crippen LogP contribution in [0.3, 0.4) is 0 Å². The van der Waals surface area contributed by atoms with Gasteiger partial charge in [-0.3, -0.25) is 38.4 Å². The second kappa shape index (κ2) is 26.7. The first-order valence-corrected chi connectivity index (χ1v) is 21.3. The van der Waals surface area contributed by atoms with Crippen molar-refractivity contribution in [1.29, 1.82) is 0 Å². The number of carbonyl (C=O) groups is 8. The number of carbonyl (C=O) groups excluding carboxylic acids is 8. The highest BCUT2D eigenvalue weighted by Gasteiger charge is 2.45. The highest BCUT2D eigenvalue weighted by molar-refractivity contribution is 8.00. The van der Waals surface area contributed by atoms with Crippen LogP contribution in [0.5, 0.6) is 5.75 Å². The summed E-state index contributed by atoms with van der Waals surface area (Å²) in [6.45, 7) is 11.5. The predicted molar refractivity (Wildman–Crippen MR) is 224 cm³/mol. The highest BCUT2D eigenvalue weighted by Crippen LogP contribution is 2.27. The Morgan fingerprint density at radius 3 is 2.10 bits per heavy atom. The zero-order valence-corrected chi connectivity index (χ0v) is 36.3. The number of phenolic OH excluding ortho intramolecular Hbond substituents is 1. The van der Waals surface area contributed by atoms with E-state index >= 15 is 0 Å². The fourth-order valence-electron chi connectivity index (χ4n) is 5.73. The molecule has 1 aliphatic heterocycles. The average Bonchev–Trinajstić information content (AvgIpc) is 3.48. The van der Waals surface area contributed by atoms with Gasteiger partial charge < -0.3 is 52.6 Å². The molecular weight excluding hydrogens is 801 g/mol. The number of rotatable bonds is 28. The van der Waals surface area contributed by atoms with Crippen LogP contribution in [-0.4, -0.2) is 144 Å². The molecule has 19 nitrogen and oxygen atoms in total. The number of unbranched alkanes of at least 4 members (excludes halogenated alkanes) is 1. The van der Waals surface area contributed by atoms with Crippen LogP contribution in [-0.2, 0) is 54.3 Å². The lowest BCUT2D eigenvalue weighted by Gasteiger charge is -2.25. The standard InChI is InChI=1S/C40H64N8O11S/c1-23(2)32(50)21-59-18-17-58-16-15-43-38(55)30(9-7-8-14-41)46-37(54)29(42)22-60-33-20-34(51)48(40(33)57)39(56)31(19-27-10-12-28(49)13-11-27)47-36(53)26(6)45-35(52)25(5)44-24(3)4/h10-13,23-26,29-31,33,44,49H,7-9,14-22,41-42H2,1-6H3,(H,43,55)(H,45,52)(H,46,54)(H,47,53)/t25-,26-,29-,30-,31-,33?/m0/s1. The maximum atomic E-state index is 13.9. The Kier molecular flexibility index (Phi) is 23.0. The van der Waals surface area contributed by atoms with Gasteiger partial charge in [0.1, 0.15) is 30.5 Å². The van der Waals surface area contributed by atoms with Crippen molar-refractivity contribution >= 4 is 58.9 Å². The monoisotopic (exact) mass is 864 g/mol. The van der Waals surface area contributed by atoms with Crippen molar-refractivity contribution in [3.05, 3.63) is 29.8 Å². The summed E-state index contributed by atoms with van der Waals surface area (Å²) in [5.41, 5.74) is 12.3. The van der Waals surface area contributed by atoms with Gasteiger partial charge in [-0.2, -0.15) is 0 Å². The number of nitrogens with one attached hydrogen (secondary N) is 5. The fourth-order valence-corrected chi connectivity index (χ4v) is 6.83. The van der Waals surface area contributed by atoms with Gasteiger partial charge in [0.25, 0.3) is 5.91 Å². The summed E-state index contributed by atoms with van der Waals surface area (Å²) in [4.78, 5) is 105. The number of nitrogens with two attached hydrogens (primary N) is 2.